The zero-order valence-electron chi connectivity index (χ0n) is 10.9. The predicted molar refractivity (Wildman–Crippen MR) is 81.1 cm³/mol. The van der Waals surface area contributed by atoms with Crippen molar-refractivity contribution in [2.75, 3.05) is 0 Å². The van der Waals surface area contributed by atoms with Gasteiger partial charge in [-0.25, -0.2) is 9.97 Å². The average molecular weight is 259 g/mol. The second-order valence-corrected chi connectivity index (χ2v) is 4.82. The van der Waals surface area contributed by atoms with Gasteiger partial charge in [-0.3, -0.25) is 0 Å². The van der Waals surface area contributed by atoms with Crippen LogP contribution < -0.4 is 0 Å². The summed E-state index contributed by atoms with van der Waals surface area (Å²) in [5.74, 6) is 0. The van der Waals surface area contributed by atoms with Crippen LogP contribution in [0.2, 0.25) is 0 Å². The third-order valence-electron chi connectivity index (χ3n) is 3.50. The van der Waals surface area contributed by atoms with Gasteiger partial charge in [0.1, 0.15) is 5.69 Å². The van der Waals surface area contributed by atoms with Crippen molar-refractivity contribution in [2.45, 2.75) is 6.42 Å². The number of allylic oxidation sites excluding steroid dienone is 4. The summed E-state index contributed by atoms with van der Waals surface area (Å²) in [5.41, 5.74) is 5.97. The molecular formula is C17H13N3. The molecule has 0 spiro atoms. The summed E-state index contributed by atoms with van der Waals surface area (Å²) in [6.07, 6.45) is 9.17. The van der Waals surface area contributed by atoms with Crippen molar-refractivity contribution in [1.29, 1.82) is 0 Å². The molecule has 0 atom stereocenters. The second-order valence-electron chi connectivity index (χ2n) is 4.82. The summed E-state index contributed by atoms with van der Waals surface area (Å²) in [5, 5.41) is 0. The molecule has 1 aliphatic rings. The first kappa shape index (κ1) is 11.2. The first-order valence-corrected chi connectivity index (χ1v) is 6.68. The SMILES string of the molecule is C1=CCC(c2nc3ccccc3nc2-c2ccc[nH]2)=C1. The number of fused-ring (bicyclic) bond motifs is 1. The Balaban J connectivity index is 2.01. The minimum absolute atomic E-state index is 0.917. The molecule has 96 valence electrons. The monoisotopic (exact) mass is 259 g/mol. The van der Waals surface area contributed by atoms with Gasteiger partial charge in [0.25, 0.3) is 0 Å². The molecule has 0 aliphatic heterocycles. The van der Waals surface area contributed by atoms with E-state index in [1.807, 2.05) is 42.6 Å². The molecule has 0 unspecified atom stereocenters. The summed E-state index contributed by atoms with van der Waals surface area (Å²) in [6, 6.07) is 12.0. The van der Waals surface area contributed by atoms with Crippen molar-refractivity contribution in [3.63, 3.8) is 0 Å². The molecular weight excluding hydrogens is 246 g/mol. The number of hydrogen-bond acceptors (Lipinski definition) is 2. The van der Waals surface area contributed by atoms with Gasteiger partial charge >= 0.3 is 0 Å². The molecule has 20 heavy (non-hydrogen) atoms. The highest BCUT2D eigenvalue weighted by Crippen LogP contribution is 2.30. The fraction of sp³-hybridized carbons (Fsp3) is 0.0588. The molecule has 2 heterocycles. The van der Waals surface area contributed by atoms with Gasteiger partial charge in [-0.1, -0.05) is 30.4 Å². The van der Waals surface area contributed by atoms with E-state index in [2.05, 4.69) is 23.2 Å². The Bertz CT molecular complexity index is 827. The first-order chi connectivity index (χ1) is 9.92. The lowest BCUT2D eigenvalue weighted by molar-refractivity contribution is 1.21. The zero-order valence-corrected chi connectivity index (χ0v) is 10.9. The number of benzene rings is 1. The minimum atomic E-state index is 0.917. The van der Waals surface area contributed by atoms with Gasteiger partial charge < -0.3 is 4.98 Å². The van der Waals surface area contributed by atoms with Gasteiger partial charge in [0.15, 0.2) is 0 Å². The van der Waals surface area contributed by atoms with E-state index in [9.17, 15) is 0 Å². The molecule has 1 aromatic carbocycles. The van der Waals surface area contributed by atoms with E-state index in [4.69, 9.17) is 9.97 Å². The quantitative estimate of drug-likeness (QED) is 0.756. The molecule has 3 aromatic rings. The number of nitrogens with one attached hydrogen (secondary N) is 1. The van der Waals surface area contributed by atoms with E-state index in [-0.39, 0.29) is 0 Å². The summed E-state index contributed by atoms with van der Waals surface area (Å²) >= 11 is 0. The number of rotatable bonds is 2. The highest BCUT2D eigenvalue weighted by Gasteiger charge is 2.15. The maximum absolute atomic E-state index is 4.82. The largest absolute Gasteiger partial charge is 0.360 e. The zero-order chi connectivity index (χ0) is 13.4. The van der Waals surface area contributed by atoms with E-state index in [0.717, 1.165) is 34.5 Å². The smallest absolute Gasteiger partial charge is 0.113 e. The van der Waals surface area contributed by atoms with Crippen LogP contribution in [0.25, 0.3) is 28.0 Å². The van der Waals surface area contributed by atoms with Crippen molar-refractivity contribution in [2.24, 2.45) is 0 Å². The Morgan fingerprint density at radius 1 is 0.900 bits per heavy atom. The maximum atomic E-state index is 4.82. The van der Waals surface area contributed by atoms with Gasteiger partial charge in [0.05, 0.1) is 22.4 Å². The maximum Gasteiger partial charge on any atom is 0.113 e. The molecule has 0 amide bonds. The van der Waals surface area contributed by atoms with Gasteiger partial charge in [0.2, 0.25) is 0 Å². The Morgan fingerprint density at radius 2 is 1.70 bits per heavy atom. The fourth-order valence-corrected chi connectivity index (χ4v) is 2.51. The van der Waals surface area contributed by atoms with Crippen LogP contribution in [0, 0.1) is 0 Å². The molecule has 3 nitrogen and oxygen atoms in total. The van der Waals surface area contributed by atoms with Gasteiger partial charge in [-0.15, -0.1) is 0 Å². The van der Waals surface area contributed by atoms with Crippen LogP contribution in [-0.2, 0) is 0 Å². The van der Waals surface area contributed by atoms with Crippen molar-refractivity contribution in [1.82, 2.24) is 15.0 Å². The van der Waals surface area contributed by atoms with Crippen LogP contribution in [-0.4, -0.2) is 15.0 Å². The number of aromatic amines is 1. The highest BCUT2D eigenvalue weighted by atomic mass is 14.9. The lowest BCUT2D eigenvalue weighted by Gasteiger charge is -2.09. The second kappa shape index (κ2) is 4.46. The molecule has 4 rings (SSSR count). The van der Waals surface area contributed by atoms with E-state index in [0.29, 0.717) is 0 Å². The third-order valence-corrected chi connectivity index (χ3v) is 3.50. The molecule has 0 radical (unpaired) electrons. The van der Waals surface area contributed by atoms with Crippen LogP contribution in [0.5, 0.6) is 0 Å². The fourth-order valence-electron chi connectivity index (χ4n) is 2.51. The molecule has 0 fully saturated rings. The van der Waals surface area contributed by atoms with Crippen molar-refractivity contribution in [3.05, 3.63) is 66.5 Å². The lowest BCUT2D eigenvalue weighted by atomic mass is 10.1. The molecule has 3 heteroatoms. The third kappa shape index (κ3) is 1.75. The molecule has 0 saturated heterocycles. The number of nitrogens with zero attached hydrogens (tertiary/aromatic N) is 2. The van der Waals surface area contributed by atoms with E-state index in [1.54, 1.807) is 0 Å². The Kier molecular flexibility index (Phi) is 2.49. The standard InChI is InChI=1S/C17H13N3/c1-2-7-12(6-1)16-17(15-10-5-11-18-15)20-14-9-4-3-8-13(14)19-16/h1-6,8-11,18H,7H2. The number of H-pyrrole nitrogens is 1. The van der Waals surface area contributed by atoms with Gasteiger partial charge in [-0.05, 0) is 36.3 Å². The topological polar surface area (TPSA) is 41.6 Å². The Morgan fingerprint density at radius 3 is 2.35 bits per heavy atom. The molecule has 0 saturated carbocycles. The van der Waals surface area contributed by atoms with Gasteiger partial charge in [-0.2, -0.15) is 0 Å². The number of para-hydroxylation sites is 2. The predicted octanol–water partition coefficient (Wildman–Crippen LogP) is 3.97. The summed E-state index contributed by atoms with van der Waals surface area (Å²) in [7, 11) is 0. The summed E-state index contributed by atoms with van der Waals surface area (Å²) in [6.45, 7) is 0. The number of hydrogen-bond donors (Lipinski definition) is 1. The van der Waals surface area contributed by atoms with Crippen molar-refractivity contribution >= 4 is 16.6 Å². The van der Waals surface area contributed by atoms with Gasteiger partial charge in [0, 0.05) is 6.20 Å². The highest BCUT2D eigenvalue weighted by molar-refractivity contribution is 5.85. The van der Waals surface area contributed by atoms with E-state index in [1.165, 1.54) is 5.57 Å². The molecule has 0 bridgehead atoms. The first-order valence-electron chi connectivity index (χ1n) is 6.68. The normalized spacial score (nSPS) is 13.9. The van der Waals surface area contributed by atoms with Crippen LogP contribution in [0.4, 0.5) is 0 Å². The summed E-state index contributed by atoms with van der Waals surface area (Å²) in [4.78, 5) is 12.9. The van der Waals surface area contributed by atoms with Crippen LogP contribution >= 0.6 is 0 Å². The van der Waals surface area contributed by atoms with E-state index < -0.39 is 0 Å². The number of aromatic nitrogens is 3. The van der Waals surface area contributed by atoms with Crippen LogP contribution in [0.1, 0.15) is 12.1 Å². The van der Waals surface area contributed by atoms with Crippen LogP contribution in [0.3, 0.4) is 0 Å². The average Bonchev–Trinajstić information content (AvgIpc) is 3.19. The summed E-state index contributed by atoms with van der Waals surface area (Å²) < 4.78 is 0. The van der Waals surface area contributed by atoms with Crippen molar-refractivity contribution in [3.8, 4) is 11.4 Å². The Hall–Kier alpha value is -2.68. The molecule has 1 aliphatic carbocycles. The minimum Gasteiger partial charge on any atom is -0.360 e. The lowest BCUT2D eigenvalue weighted by Crippen LogP contribution is -1.98. The van der Waals surface area contributed by atoms with Crippen molar-refractivity contribution < 1.29 is 0 Å². The van der Waals surface area contributed by atoms with E-state index >= 15 is 0 Å². The van der Waals surface area contributed by atoms with Crippen LogP contribution in [0.15, 0.2) is 60.8 Å². The Labute approximate surface area is 116 Å². The molecule has 2 aromatic heterocycles. The molecule has 1 N–H and O–H groups in total.